The van der Waals surface area contributed by atoms with Gasteiger partial charge in [-0.05, 0) is 23.6 Å². The summed E-state index contributed by atoms with van der Waals surface area (Å²) in [5.41, 5.74) is 7.01. The topological polar surface area (TPSA) is 56.0 Å². The molecule has 0 aliphatic heterocycles. The third-order valence-electron chi connectivity index (χ3n) is 2.73. The molecule has 1 amide bonds. The lowest BCUT2D eigenvalue weighted by Gasteiger charge is -2.09. The lowest BCUT2D eigenvalue weighted by molar-refractivity contribution is -0.119. The first-order valence-corrected chi connectivity index (χ1v) is 6.01. The molecule has 2 aromatic rings. The van der Waals surface area contributed by atoms with Crippen LogP contribution in [0.2, 0.25) is 0 Å². The van der Waals surface area contributed by atoms with Crippen molar-refractivity contribution in [3.05, 3.63) is 66.0 Å². The highest BCUT2D eigenvalue weighted by Crippen LogP contribution is 2.18. The SMILES string of the molecule is NC(=O)C(CC#Cc1ccccn1)c1ccccc1. The fourth-order valence-electron chi connectivity index (χ4n) is 1.75. The average Bonchev–Trinajstić information content (AvgIpc) is 2.45. The maximum atomic E-state index is 11.5. The molecule has 0 aliphatic rings. The fourth-order valence-corrected chi connectivity index (χ4v) is 1.75. The van der Waals surface area contributed by atoms with Gasteiger partial charge < -0.3 is 5.73 Å². The lowest BCUT2D eigenvalue weighted by atomic mass is 9.95. The maximum Gasteiger partial charge on any atom is 0.225 e. The van der Waals surface area contributed by atoms with Crippen molar-refractivity contribution in [1.82, 2.24) is 4.98 Å². The van der Waals surface area contributed by atoms with E-state index in [9.17, 15) is 4.79 Å². The van der Waals surface area contributed by atoms with Crippen molar-refractivity contribution < 1.29 is 4.79 Å². The van der Waals surface area contributed by atoms with Gasteiger partial charge in [0.25, 0.3) is 0 Å². The van der Waals surface area contributed by atoms with Crippen LogP contribution in [0.5, 0.6) is 0 Å². The predicted octanol–water partition coefficient (Wildman–Crippen LogP) is 2.09. The standard InChI is InChI=1S/C16H14N2O/c17-16(19)15(13-7-2-1-3-8-13)11-6-10-14-9-4-5-12-18-14/h1-5,7-9,12,15H,11H2,(H2,17,19). The monoisotopic (exact) mass is 250 g/mol. The van der Waals surface area contributed by atoms with Crippen molar-refractivity contribution in [3.8, 4) is 11.8 Å². The second-order valence-corrected chi connectivity index (χ2v) is 4.09. The molecule has 19 heavy (non-hydrogen) atoms. The van der Waals surface area contributed by atoms with Crippen LogP contribution in [-0.4, -0.2) is 10.9 Å². The van der Waals surface area contributed by atoms with Gasteiger partial charge in [-0.25, -0.2) is 4.98 Å². The van der Waals surface area contributed by atoms with E-state index in [0.717, 1.165) is 5.56 Å². The third-order valence-corrected chi connectivity index (χ3v) is 2.73. The number of carbonyl (C=O) groups is 1. The molecule has 3 heteroatoms. The van der Waals surface area contributed by atoms with Gasteiger partial charge >= 0.3 is 0 Å². The maximum absolute atomic E-state index is 11.5. The van der Waals surface area contributed by atoms with Crippen molar-refractivity contribution in [2.75, 3.05) is 0 Å². The second-order valence-electron chi connectivity index (χ2n) is 4.09. The number of amides is 1. The molecule has 2 N–H and O–H groups in total. The Labute approximate surface area is 112 Å². The summed E-state index contributed by atoms with van der Waals surface area (Å²) in [5.74, 6) is 5.16. The zero-order chi connectivity index (χ0) is 13.5. The molecular formula is C16H14N2O. The summed E-state index contributed by atoms with van der Waals surface area (Å²) in [7, 11) is 0. The molecule has 1 aromatic carbocycles. The number of hydrogen-bond acceptors (Lipinski definition) is 2. The largest absolute Gasteiger partial charge is 0.369 e. The summed E-state index contributed by atoms with van der Waals surface area (Å²) in [6.45, 7) is 0. The minimum absolute atomic E-state index is 0.360. The number of benzene rings is 1. The van der Waals surface area contributed by atoms with Crippen LogP contribution >= 0.6 is 0 Å². The molecule has 3 nitrogen and oxygen atoms in total. The van der Waals surface area contributed by atoms with Gasteiger partial charge in [0, 0.05) is 12.6 Å². The number of nitrogens with zero attached hydrogens (tertiary/aromatic N) is 1. The number of carbonyl (C=O) groups excluding carboxylic acids is 1. The Balaban J connectivity index is 2.12. The van der Waals surface area contributed by atoms with Gasteiger partial charge in [-0.15, -0.1) is 0 Å². The molecule has 1 atom stereocenters. The zero-order valence-electron chi connectivity index (χ0n) is 10.4. The highest BCUT2D eigenvalue weighted by Gasteiger charge is 2.15. The number of primary amides is 1. The van der Waals surface area contributed by atoms with Crippen LogP contribution in [0.1, 0.15) is 23.6 Å². The van der Waals surface area contributed by atoms with E-state index in [2.05, 4.69) is 16.8 Å². The van der Waals surface area contributed by atoms with E-state index in [-0.39, 0.29) is 11.8 Å². The van der Waals surface area contributed by atoms with Crippen molar-refractivity contribution in [3.63, 3.8) is 0 Å². The first-order chi connectivity index (χ1) is 9.27. The molecule has 0 saturated carbocycles. The van der Waals surface area contributed by atoms with Gasteiger partial charge in [0.2, 0.25) is 5.91 Å². The van der Waals surface area contributed by atoms with Gasteiger partial charge in [0.1, 0.15) is 5.69 Å². The zero-order valence-corrected chi connectivity index (χ0v) is 10.4. The summed E-state index contributed by atoms with van der Waals surface area (Å²) in [6, 6.07) is 15.0. The Hall–Kier alpha value is -2.60. The van der Waals surface area contributed by atoms with E-state index in [4.69, 9.17) is 5.73 Å². The van der Waals surface area contributed by atoms with Gasteiger partial charge in [-0.2, -0.15) is 0 Å². The molecule has 0 saturated heterocycles. The Morgan fingerprint density at radius 3 is 2.53 bits per heavy atom. The Morgan fingerprint density at radius 2 is 1.89 bits per heavy atom. The van der Waals surface area contributed by atoms with Crippen LogP contribution in [0.15, 0.2) is 54.7 Å². The number of rotatable bonds is 3. The van der Waals surface area contributed by atoms with E-state index >= 15 is 0 Å². The number of nitrogens with two attached hydrogens (primary N) is 1. The quantitative estimate of drug-likeness (QED) is 0.848. The Bertz CT molecular complexity index is 597. The summed E-state index contributed by atoms with van der Waals surface area (Å²) in [5, 5.41) is 0. The van der Waals surface area contributed by atoms with Crippen LogP contribution in [0.25, 0.3) is 0 Å². The first-order valence-electron chi connectivity index (χ1n) is 6.01. The number of hydrogen-bond donors (Lipinski definition) is 1. The van der Waals surface area contributed by atoms with Gasteiger partial charge in [-0.3, -0.25) is 4.79 Å². The molecule has 1 aromatic heterocycles. The number of pyridine rings is 1. The van der Waals surface area contributed by atoms with Crippen LogP contribution in [0.3, 0.4) is 0 Å². The van der Waals surface area contributed by atoms with Crippen molar-refractivity contribution >= 4 is 5.91 Å². The van der Waals surface area contributed by atoms with Crippen molar-refractivity contribution in [1.29, 1.82) is 0 Å². The van der Waals surface area contributed by atoms with E-state index in [1.54, 1.807) is 6.20 Å². The highest BCUT2D eigenvalue weighted by molar-refractivity contribution is 5.82. The normalized spacial score (nSPS) is 11.2. The van der Waals surface area contributed by atoms with E-state index in [0.29, 0.717) is 12.1 Å². The molecule has 1 unspecified atom stereocenters. The molecule has 0 radical (unpaired) electrons. The third kappa shape index (κ3) is 3.68. The van der Waals surface area contributed by atoms with Crippen LogP contribution in [-0.2, 0) is 4.79 Å². The number of aromatic nitrogens is 1. The van der Waals surface area contributed by atoms with Gasteiger partial charge in [0.05, 0.1) is 5.92 Å². The Kier molecular flexibility index (Phi) is 4.30. The van der Waals surface area contributed by atoms with Crippen molar-refractivity contribution in [2.24, 2.45) is 5.73 Å². The van der Waals surface area contributed by atoms with E-state index in [1.165, 1.54) is 0 Å². The second kappa shape index (κ2) is 6.36. The highest BCUT2D eigenvalue weighted by atomic mass is 16.1. The molecule has 0 aliphatic carbocycles. The van der Waals surface area contributed by atoms with Crippen LogP contribution in [0, 0.1) is 11.8 Å². The molecule has 0 spiro atoms. The predicted molar refractivity (Wildman–Crippen MR) is 74.1 cm³/mol. The van der Waals surface area contributed by atoms with Crippen LogP contribution in [0.4, 0.5) is 0 Å². The Morgan fingerprint density at radius 1 is 1.16 bits per heavy atom. The summed E-state index contributed by atoms with van der Waals surface area (Å²) >= 11 is 0. The molecule has 0 bridgehead atoms. The van der Waals surface area contributed by atoms with Crippen LogP contribution < -0.4 is 5.73 Å². The molecular weight excluding hydrogens is 236 g/mol. The van der Waals surface area contributed by atoms with Gasteiger partial charge in [-0.1, -0.05) is 42.3 Å². The summed E-state index contributed by atoms with van der Waals surface area (Å²) < 4.78 is 0. The molecule has 2 rings (SSSR count). The minimum Gasteiger partial charge on any atom is -0.369 e. The molecule has 1 heterocycles. The van der Waals surface area contributed by atoms with Crippen molar-refractivity contribution in [2.45, 2.75) is 12.3 Å². The molecule has 94 valence electrons. The fraction of sp³-hybridized carbons (Fsp3) is 0.125. The smallest absolute Gasteiger partial charge is 0.225 e. The summed E-state index contributed by atoms with van der Waals surface area (Å²) in [4.78, 5) is 15.6. The van der Waals surface area contributed by atoms with E-state index in [1.807, 2.05) is 48.5 Å². The minimum atomic E-state index is -0.377. The lowest BCUT2D eigenvalue weighted by Crippen LogP contribution is -2.21. The first kappa shape index (κ1) is 12.8. The van der Waals surface area contributed by atoms with E-state index < -0.39 is 0 Å². The van der Waals surface area contributed by atoms with Gasteiger partial charge in [0.15, 0.2) is 0 Å². The average molecular weight is 250 g/mol. The summed E-state index contributed by atoms with van der Waals surface area (Å²) in [6.07, 6.45) is 2.09. The molecule has 0 fully saturated rings.